The van der Waals surface area contributed by atoms with E-state index in [2.05, 4.69) is 0 Å². The van der Waals surface area contributed by atoms with Crippen LogP contribution >= 0.6 is 11.6 Å². The van der Waals surface area contributed by atoms with E-state index >= 15 is 0 Å². The third-order valence-corrected chi connectivity index (χ3v) is 3.98. The SMILES string of the molecule is CCOc1cc(/C=C(/C#N)C(=O)N(C)C)cc(Cl)c1OCc1ccc(F)cc1. The Morgan fingerprint density at radius 1 is 1.25 bits per heavy atom. The molecule has 0 bridgehead atoms. The number of nitrogens with zero attached hydrogens (tertiary/aromatic N) is 2. The van der Waals surface area contributed by atoms with Gasteiger partial charge in [-0.2, -0.15) is 5.26 Å². The van der Waals surface area contributed by atoms with Gasteiger partial charge in [-0.25, -0.2) is 4.39 Å². The number of hydrogen-bond acceptors (Lipinski definition) is 4. The maximum atomic E-state index is 13.0. The van der Waals surface area contributed by atoms with Crippen LogP contribution < -0.4 is 9.47 Å². The summed E-state index contributed by atoms with van der Waals surface area (Å²) < 4.78 is 24.4. The zero-order valence-corrected chi connectivity index (χ0v) is 16.6. The number of carbonyl (C=O) groups is 1. The lowest BCUT2D eigenvalue weighted by atomic mass is 10.1. The van der Waals surface area contributed by atoms with E-state index in [-0.39, 0.29) is 23.0 Å². The summed E-state index contributed by atoms with van der Waals surface area (Å²) in [6, 6.07) is 11.1. The molecule has 0 aliphatic rings. The van der Waals surface area contributed by atoms with Crippen molar-refractivity contribution in [2.75, 3.05) is 20.7 Å². The van der Waals surface area contributed by atoms with Crippen LogP contribution in [0.2, 0.25) is 5.02 Å². The third-order valence-electron chi connectivity index (χ3n) is 3.70. The summed E-state index contributed by atoms with van der Waals surface area (Å²) in [6.45, 7) is 2.37. The number of nitriles is 1. The topological polar surface area (TPSA) is 62.6 Å². The van der Waals surface area contributed by atoms with Gasteiger partial charge in [-0.15, -0.1) is 0 Å². The number of amides is 1. The van der Waals surface area contributed by atoms with E-state index in [4.69, 9.17) is 21.1 Å². The average molecular weight is 403 g/mol. The number of benzene rings is 2. The van der Waals surface area contributed by atoms with Gasteiger partial charge in [0.05, 0.1) is 11.6 Å². The molecule has 0 aliphatic heterocycles. The second-order valence-electron chi connectivity index (χ2n) is 6.05. The van der Waals surface area contributed by atoms with Crippen LogP contribution in [0.25, 0.3) is 6.08 Å². The number of ether oxygens (including phenoxy) is 2. The van der Waals surface area contributed by atoms with E-state index in [0.29, 0.717) is 23.7 Å². The predicted octanol–water partition coefficient (Wildman–Crippen LogP) is 4.45. The van der Waals surface area contributed by atoms with Crippen LogP contribution in [-0.4, -0.2) is 31.5 Å². The number of rotatable bonds is 7. The minimum absolute atomic E-state index is 0.0245. The molecular weight excluding hydrogens is 383 g/mol. The molecule has 5 nitrogen and oxygen atoms in total. The van der Waals surface area contributed by atoms with Crippen molar-refractivity contribution in [1.29, 1.82) is 5.26 Å². The Morgan fingerprint density at radius 3 is 2.50 bits per heavy atom. The summed E-state index contributed by atoms with van der Waals surface area (Å²) in [5.74, 6) is -0.0119. The van der Waals surface area contributed by atoms with Gasteiger partial charge in [0, 0.05) is 14.1 Å². The molecule has 0 atom stereocenters. The van der Waals surface area contributed by atoms with Gasteiger partial charge >= 0.3 is 0 Å². The van der Waals surface area contributed by atoms with Crippen LogP contribution in [0.5, 0.6) is 11.5 Å². The fraction of sp³-hybridized carbons (Fsp3) is 0.238. The van der Waals surface area contributed by atoms with Crippen LogP contribution in [0, 0.1) is 17.1 Å². The molecule has 0 spiro atoms. The van der Waals surface area contributed by atoms with Gasteiger partial charge in [0.1, 0.15) is 24.1 Å². The Labute approximate surface area is 168 Å². The van der Waals surface area contributed by atoms with Crippen molar-refractivity contribution in [3.8, 4) is 17.6 Å². The Kier molecular flexibility index (Phi) is 7.42. The van der Waals surface area contributed by atoms with Crippen LogP contribution in [0.1, 0.15) is 18.1 Å². The molecule has 0 fully saturated rings. The molecule has 0 radical (unpaired) electrons. The summed E-state index contributed by atoms with van der Waals surface area (Å²) in [4.78, 5) is 13.4. The highest BCUT2D eigenvalue weighted by Crippen LogP contribution is 2.38. The Bertz CT molecular complexity index is 918. The van der Waals surface area contributed by atoms with Gasteiger partial charge in [0.25, 0.3) is 5.91 Å². The lowest BCUT2D eigenvalue weighted by molar-refractivity contribution is -0.124. The zero-order valence-electron chi connectivity index (χ0n) is 15.8. The molecular formula is C21H20ClFN2O3. The molecule has 0 N–H and O–H groups in total. The molecule has 2 aromatic carbocycles. The molecule has 0 saturated heterocycles. The van der Waals surface area contributed by atoms with Gasteiger partial charge in [0.15, 0.2) is 11.5 Å². The minimum atomic E-state index is -0.409. The van der Waals surface area contributed by atoms with Crippen LogP contribution in [0.4, 0.5) is 4.39 Å². The quantitative estimate of drug-likeness (QED) is 0.507. The van der Waals surface area contributed by atoms with Gasteiger partial charge < -0.3 is 14.4 Å². The predicted molar refractivity (Wildman–Crippen MR) is 106 cm³/mol. The molecule has 0 aliphatic carbocycles. The average Bonchev–Trinajstić information content (AvgIpc) is 2.66. The maximum Gasteiger partial charge on any atom is 0.264 e. The summed E-state index contributed by atoms with van der Waals surface area (Å²) in [6.07, 6.45) is 1.44. The van der Waals surface area contributed by atoms with E-state index < -0.39 is 5.91 Å². The van der Waals surface area contributed by atoms with Crippen molar-refractivity contribution in [3.63, 3.8) is 0 Å². The standard InChI is InChI=1S/C21H20ClFN2O3/c1-4-27-19-11-15(9-16(12-24)21(26)25(2)3)10-18(22)20(19)28-13-14-5-7-17(23)8-6-14/h5-11H,4,13H2,1-3H3/b16-9-. The monoisotopic (exact) mass is 402 g/mol. The van der Waals surface area contributed by atoms with Gasteiger partial charge in [-0.05, 0) is 48.4 Å². The first-order valence-corrected chi connectivity index (χ1v) is 8.90. The second kappa shape index (κ2) is 9.77. The third kappa shape index (κ3) is 5.48. The van der Waals surface area contributed by atoms with E-state index in [1.165, 1.54) is 23.1 Å². The molecule has 7 heteroatoms. The van der Waals surface area contributed by atoms with Crippen molar-refractivity contribution in [3.05, 3.63) is 63.9 Å². The fourth-order valence-electron chi connectivity index (χ4n) is 2.36. The lowest BCUT2D eigenvalue weighted by Gasteiger charge is -2.15. The van der Waals surface area contributed by atoms with Gasteiger partial charge in [0.2, 0.25) is 0 Å². The number of carbonyl (C=O) groups excluding carboxylic acids is 1. The van der Waals surface area contributed by atoms with Crippen molar-refractivity contribution >= 4 is 23.6 Å². The summed E-state index contributed by atoms with van der Waals surface area (Å²) >= 11 is 6.36. The van der Waals surface area contributed by atoms with E-state index in [1.54, 1.807) is 38.4 Å². The smallest absolute Gasteiger partial charge is 0.264 e. The van der Waals surface area contributed by atoms with Crippen molar-refractivity contribution in [1.82, 2.24) is 4.90 Å². The number of likely N-dealkylation sites (N-methyl/N-ethyl adjacent to an activating group) is 1. The molecule has 0 heterocycles. The van der Waals surface area contributed by atoms with Crippen molar-refractivity contribution < 1.29 is 18.7 Å². The first kappa shape index (κ1) is 21.3. The Balaban J connectivity index is 2.34. The molecule has 2 aromatic rings. The Morgan fingerprint density at radius 2 is 1.93 bits per heavy atom. The maximum absolute atomic E-state index is 13.0. The molecule has 0 saturated carbocycles. The van der Waals surface area contributed by atoms with Gasteiger partial charge in [-0.3, -0.25) is 4.79 Å². The Hall–Kier alpha value is -3.04. The van der Waals surface area contributed by atoms with Crippen LogP contribution in [-0.2, 0) is 11.4 Å². The minimum Gasteiger partial charge on any atom is -0.490 e. The first-order chi connectivity index (χ1) is 13.3. The summed E-state index contributed by atoms with van der Waals surface area (Å²) in [5.41, 5.74) is 1.28. The molecule has 0 unspecified atom stereocenters. The highest BCUT2D eigenvalue weighted by Gasteiger charge is 2.15. The summed E-state index contributed by atoms with van der Waals surface area (Å²) in [7, 11) is 3.14. The zero-order chi connectivity index (χ0) is 20.7. The molecule has 2 rings (SSSR count). The first-order valence-electron chi connectivity index (χ1n) is 8.52. The van der Waals surface area contributed by atoms with Crippen LogP contribution in [0.3, 0.4) is 0 Å². The molecule has 0 aromatic heterocycles. The van der Waals surface area contributed by atoms with Gasteiger partial charge in [-0.1, -0.05) is 23.7 Å². The number of hydrogen-bond donors (Lipinski definition) is 0. The number of halogens is 2. The highest BCUT2D eigenvalue weighted by molar-refractivity contribution is 6.32. The summed E-state index contributed by atoms with van der Waals surface area (Å²) in [5, 5.41) is 9.52. The van der Waals surface area contributed by atoms with E-state index in [9.17, 15) is 14.4 Å². The largest absolute Gasteiger partial charge is 0.490 e. The molecule has 146 valence electrons. The van der Waals surface area contributed by atoms with Crippen LogP contribution in [0.15, 0.2) is 42.0 Å². The normalized spacial score (nSPS) is 10.9. The van der Waals surface area contributed by atoms with E-state index in [1.807, 2.05) is 13.0 Å². The van der Waals surface area contributed by atoms with E-state index in [0.717, 1.165) is 5.56 Å². The molecule has 28 heavy (non-hydrogen) atoms. The fourth-order valence-corrected chi connectivity index (χ4v) is 2.63. The van der Waals surface area contributed by atoms with Crippen molar-refractivity contribution in [2.45, 2.75) is 13.5 Å². The second-order valence-corrected chi connectivity index (χ2v) is 6.45. The highest BCUT2D eigenvalue weighted by atomic mass is 35.5. The molecule has 1 amide bonds. The lowest BCUT2D eigenvalue weighted by Crippen LogP contribution is -2.22. The van der Waals surface area contributed by atoms with Crippen molar-refractivity contribution in [2.24, 2.45) is 0 Å².